The molecule has 1 aliphatic rings. The molecule has 0 spiro atoms. The summed E-state index contributed by atoms with van der Waals surface area (Å²) in [6.07, 6.45) is 0.252. The molecule has 0 amide bonds. The molecular formula is C6H13NO2. The molecule has 1 heterocycles. The minimum absolute atomic E-state index is 0.0532. The fourth-order valence-electron chi connectivity index (χ4n) is 1.10. The average molecular weight is 131 g/mol. The fraction of sp³-hybridized carbons (Fsp3) is 1.00. The van der Waals surface area contributed by atoms with E-state index in [1.54, 1.807) is 0 Å². The second-order valence-corrected chi connectivity index (χ2v) is 2.55. The van der Waals surface area contributed by atoms with Crippen molar-refractivity contribution >= 4 is 0 Å². The van der Waals surface area contributed by atoms with Crippen molar-refractivity contribution < 1.29 is 9.84 Å². The summed E-state index contributed by atoms with van der Waals surface area (Å²) in [6.45, 7) is 2.49. The first-order chi connectivity index (χ1) is 4.22. The van der Waals surface area contributed by atoms with Gasteiger partial charge in [0.2, 0.25) is 0 Å². The zero-order valence-corrected chi connectivity index (χ0v) is 5.58. The van der Waals surface area contributed by atoms with Crippen molar-refractivity contribution in [3.8, 4) is 0 Å². The van der Waals surface area contributed by atoms with Gasteiger partial charge < -0.3 is 15.6 Å². The molecular weight excluding hydrogens is 118 g/mol. The van der Waals surface area contributed by atoms with Gasteiger partial charge in [0.25, 0.3) is 0 Å². The summed E-state index contributed by atoms with van der Waals surface area (Å²) in [6, 6.07) is -0.0532. The Bertz CT molecular complexity index is 95.1. The van der Waals surface area contributed by atoms with Crippen LogP contribution in [-0.4, -0.2) is 30.0 Å². The van der Waals surface area contributed by atoms with Gasteiger partial charge in [0.15, 0.2) is 0 Å². The van der Waals surface area contributed by atoms with E-state index in [0.717, 1.165) is 6.42 Å². The normalized spacial score (nSPS) is 39.0. The first kappa shape index (κ1) is 6.99. The van der Waals surface area contributed by atoms with Gasteiger partial charge in [-0.25, -0.2) is 0 Å². The predicted molar refractivity (Wildman–Crippen MR) is 34.0 cm³/mol. The smallest absolute Gasteiger partial charge is 0.0982 e. The van der Waals surface area contributed by atoms with Crippen LogP contribution in [0.1, 0.15) is 13.3 Å². The van der Waals surface area contributed by atoms with E-state index in [2.05, 4.69) is 0 Å². The van der Waals surface area contributed by atoms with Crippen LogP contribution in [0.3, 0.4) is 0 Å². The van der Waals surface area contributed by atoms with Gasteiger partial charge in [-0.3, -0.25) is 0 Å². The Hall–Kier alpha value is -0.120. The molecule has 54 valence electrons. The summed E-state index contributed by atoms with van der Waals surface area (Å²) >= 11 is 0. The zero-order chi connectivity index (χ0) is 6.85. The van der Waals surface area contributed by atoms with Gasteiger partial charge in [0, 0.05) is 12.6 Å². The van der Waals surface area contributed by atoms with Gasteiger partial charge in [0.05, 0.1) is 12.2 Å². The lowest BCUT2D eigenvalue weighted by Gasteiger charge is -2.16. The third kappa shape index (κ3) is 1.41. The van der Waals surface area contributed by atoms with Crippen molar-refractivity contribution in [2.24, 2.45) is 5.73 Å². The maximum absolute atomic E-state index is 9.15. The van der Waals surface area contributed by atoms with Gasteiger partial charge in [-0.2, -0.15) is 0 Å². The van der Waals surface area contributed by atoms with Crippen molar-refractivity contribution in [1.82, 2.24) is 0 Å². The molecule has 1 saturated heterocycles. The molecule has 0 aromatic rings. The van der Waals surface area contributed by atoms with Crippen LogP contribution in [0.4, 0.5) is 0 Å². The Morgan fingerprint density at radius 3 is 2.67 bits per heavy atom. The summed E-state index contributed by atoms with van der Waals surface area (Å²) in [7, 11) is 0. The van der Waals surface area contributed by atoms with E-state index in [1.807, 2.05) is 6.92 Å². The number of rotatable bonds is 1. The summed E-state index contributed by atoms with van der Waals surface area (Å²) < 4.78 is 5.15. The Labute approximate surface area is 54.8 Å². The predicted octanol–water partition coefficient (Wildman–Crippen LogP) is -0.517. The highest BCUT2D eigenvalue weighted by molar-refractivity contribution is 4.81. The Morgan fingerprint density at radius 1 is 1.78 bits per heavy atom. The Kier molecular flexibility index (Phi) is 2.05. The lowest BCUT2D eigenvalue weighted by molar-refractivity contribution is 0.0290. The number of hydrogen-bond acceptors (Lipinski definition) is 3. The molecule has 0 aliphatic carbocycles. The average Bonchev–Trinajstić information content (AvgIpc) is 2.13. The molecule has 1 rings (SSSR count). The molecule has 0 aromatic carbocycles. The van der Waals surface area contributed by atoms with Gasteiger partial charge >= 0.3 is 0 Å². The first-order valence-corrected chi connectivity index (χ1v) is 3.27. The molecule has 3 atom stereocenters. The number of nitrogens with two attached hydrogens (primary N) is 1. The van der Waals surface area contributed by atoms with Crippen molar-refractivity contribution in [2.45, 2.75) is 31.6 Å². The molecule has 0 saturated carbocycles. The first-order valence-electron chi connectivity index (χ1n) is 3.27. The maximum atomic E-state index is 9.15. The van der Waals surface area contributed by atoms with E-state index in [1.165, 1.54) is 0 Å². The standard InChI is InChI=1S/C6H13NO2/c1-4(7)6-5(8)2-3-9-6/h4-6,8H,2-3,7H2,1H3/t4-,5+,6-/m0/s1. The van der Waals surface area contributed by atoms with E-state index in [-0.39, 0.29) is 18.2 Å². The molecule has 9 heavy (non-hydrogen) atoms. The van der Waals surface area contributed by atoms with Gasteiger partial charge in [-0.1, -0.05) is 0 Å². The lowest BCUT2D eigenvalue weighted by atomic mass is 10.1. The topological polar surface area (TPSA) is 55.5 Å². The third-order valence-electron chi connectivity index (χ3n) is 1.62. The molecule has 0 bridgehead atoms. The Morgan fingerprint density at radius 2 is 2.44 bits per heavy atom. The number of aliphatic hydroxyl groups is 1. The molecule has 0 aromatic heterocycles. The lowest BCUT2D eigenvalue weighted by Crippen LogP contribution is -2.38. The highest BCUT2D eigenvalue weighted by Gasteiger charge is 2.28. The van der Waals surface area contributed by atoms with Gasteiger partial charge in [-0.15, -0.1) is 0 Å². The summed E-state index contributed by atoms with van der Waals surface area (Å²) in [5.41, 5.74) is 5.50. The molecule has 1 aliphatic heterocycles. The van der Waals surface area contributed by atoms with Crippen LogP contribution >= 0.6 is 0 Å². The Balaban J connectivity index is 2.40. The van der Waals surface area contributed by atoms with Crippen LogP contribution < -0.4 is 5.73 Å². The largest absolute Gasteiger partial charge is 0.390 e. The zero-order valence-electron chi connectivity index (χ0n) is 5.58. The van der Waals surface area contributed by atoms with Crippen LogP contribution in [-0.2, 0) is 4.74 Å². The van der Waals surface area contributed by atoms with Crippen LogP contribution in [0.25, 0.3) is 0 Å². The maximum Gasteiger partial charge on any atom is 0.0982 e. The van der Waals surface area contributed by atoms with E-state index < -0.39 is 0 Å². The van der Waals surface area contributed by atoms with Crippen molar-refractivity contribution in [3.63, 3.8) is 0 Å². The van der Waals surface area contributed by atoms with Crippen molar-refractivity contribution in [3.05, 3.63) is 0 Å². The quantitative estimate of drug-likeness (QED) is 0.503. The molecule has 1 fully saturated rings. The minimum Gasteiger partial charge on any atom is -0.390 e. The minimum atomic E-state index is -0.343. The third-order valence-corrected chi connectivity index (χ3v) is 1.62. The highest BCUT2D eigenvalue weighted by Crippen LogP contribution is 2.14. The summed E-state index contributed by atoms with van der Waals surface area (Å²) in [5, 5.41) is 9.15. The van der Waals surface area contributed by atoms with Crippen molar-refractivity contribution in [1.29, 1.82) is 0 Å². The number of ether oxygens (including phenoxy) is 1. The SMILES string of the molecule is C[C@H](N)[C@@H]1OCC[C@H]1O. The summed E-state index contributed by atoms with van der Waals surface area (Å²) in [4.78, 5) is 0. The van der Waals surface area contributed by atoms with Crippen LogP contribution in [0.2, 0.25) is 0 Å². The monoisotopic (exact) mass is 131 g/mol. The summed E-state index contributed by atoms with van der Waals surface area (Å²) in [5.74, 6) is 0. The highest BCUT2D eigenvalue weighted by atomic mass is 16.5. The van der Waals surface area contributed by atoms with Crippen LogP contribution in [0.15, 0.2) is 0 Å². The van der Waals surface area contributed by atoms with E-state index in [9.17, 15) is 0 Å². The van der Waals surface area contributed by atoms with Gasteiger partial charge in [0.1, 0.15) is 0 Å². The second kappa shape index (κ2) is 2.64. The van der Waals surface area contributed by atoms with E-state index in [0.29, 0.717) is 6.61 Å². The fourth-order valence-corrected chi connectivity index (χ4v) is 1.10. The number of hydrogen-bond donors (Lipinski definition) is 2. The molecule has 3 nitrogen and oxygen atoms in total. The van der Waals surface area contributed by atoms with Crippen molar-refractivity contribution in [2.75, 3.05) is 6.61 Å². The molecule has 0 radical (unpaired) electrons. The van der Waals surface area contributed by atoms with E-state index in [4.69, 9.17) is 15.6 Å². The van der Waals surface area contributed by atoms with E-state index >= 15 is 0 Å². The molecule has 3 N–H and O–H groups in total. The molecule has 3 heteroatoms. The van der Waals surface area contributed by atoms with Crippen LogP contribution in [0, 0.1) is 0 Å². The molecule has 0 unspecified atom stereocenters. The van der Waals surface area contributed by atoms with Gasteiger partial charge in [-0.05, 0) is 13.3 Å². The number of aliphatic hydroxyl groups excluding tert-OH is 1. The van der Waals surface area contributed by atoms with Crippen LogP contribution in [0.5, 0.6) is 0 Å². The second-order valence-electron chi connectivity index (χ2n) is 2.55.